The van der Waals surface area contributed by atoms with Gasteiger partial charge in [0, 0.05) is 13.2 Å². The summed E-state index contributed by atoms with van der Waals surface area (Å²) in [6, 6.07) is -0.257. The lowest BCUT2D eigenvalue weighted by Gasteiger charge is -2.14. The van der Waals surface area contributed by atoms with E-state index in [0.29, 0.717) is 12.6 Å². The van der Waals surface area contributed by atoms with E-state index in [1.165, 1.54) is 0 Å². The molecule has 0 spiro atoms. The summed E-state index contributed by atoms with van der Waals surface area (Å²) in [6.07, 6.45) is 4.54. The molecule has 15 heavy (non-hydrogen) atoms. The predicted molar refractivity (Wildman–Crippen MR) is 53.3 cm³/mol. The quantitative estimate of drug-likeness (QED) is 0.690. The SMILES string of the molecule is O=C1CN(CCCC2CCCO2)C(=O)N1. The highest BCUT2D eigenvalue weighted by Gasteiger charge is 2.26. The van der Waals surface area contributed by atoms with E-state index >= 15 is 0 Å². The molecule has 0 aliphatic carbocycles. The number of carbonyl (C=O) groups excluding carboxylic acids is 2. The molecule has 0 saturated carbocycles. The van der Waals surface area contributed by atoms with E-state index in [9.17, 15) is 9.59 Å². The lowest BCUT2D eigenvalue weighted by atomic mass is 10.1. The van der Waals surface area contributed by atoms with Crippen molar-refractivity contribution in [2.45, 2.75) is 31.8 Å². The molecule has 2 heterocycles. The molecule has 2 saturated heterocycles. The van der Waals surface area contributed by atoms with E-state index in [1.54, 1.807) is 4.90 Å². The Kier molecular flexibility index (Phi) is 3.20. The molecule has 1 atom stereocenters. The van der Waals surface area contributed by atoms with Crippen LogP contribution >= 0.6 is 0 Å². The molecule has 1 unspecified atom stereocenters. The number of ether oxygens (including phenoxy) is 1. The zero-order valence-electron chi connectivity index (χ0n) is 8.70. The predicted octanol–water partition coefficient (Wildman–Crippen LogP) is 0.497. The second-order valence-electron chi connectivity index (χ2n) is 4.05. The van der Waals surface area contributed by atoms with Crippen molar-refractivity contribution in [2.24, 2.45) is 0 Å². The van der Waals surface area contributed by atoms with Gasteiger partial charge in [0.15, 0.2) is 0 Å². The van der Waals surface area contributed by atoms with Crippen molar-refractivity contribution in [3.05, 3.63) is 0 Å². The summed E-state index contributed by atoms with van der Waals surface area (Å²) in [4.78, 5) is 23.6. The van der Waals surface area contributed by atoms with Gasteiger partial charge in [-0.25, -0.2) is 4.79 Å². The van der Waals surface area contributed by atoms with Crippen LogP contribution in [0.1, 0.15) is 25.7 Å². The second kappa shape index (κ2) is 4.61. The fraction of sp³-hybridized carbons (Fsp3) is 0.800. The summed E-state index contributed by atoms with van der Waals surface area (Å²) in [7, 11) is 0. The smallest absolute Gasteiger partial charge is 0.324 e. The van der Waals surface area contributed by atoms with Gasteiger partial charge < -0.3 is 9.64 Å². The first-order valence-electron chi connectivity index (χ1n) is 5.46. The maximum absolute atomic E-state index is 11.2. The van der Waals surface area contributed by atoms with Crippen LogP contribution in [-0.2, 0) is 9.53 Å². The van der Waals surface area contributed by atoms with Gasteiger partial charge in [-0.1, -0.05) is 0 Å². The molecule has 2 fully saturated rings. The van der Waals surface area contributed by atoms with Crippen molar-refractivity contribution < 1.29 is 14.3 Å². The summed E-state index contributed by atoms with van der Waals surface area (Å²) in [5.41, 5.74) is 0. The third kappa shape index (κ3) is 2.68. The molecule has 3 amide bonds. The van der Waals surface area contributed by atoms with E-state index in [0.717, 1.165) is 32.3 Å². The Labute approximate surface area is 88.8 Å². The summed E-state index contributed by atoms with van der Waals surface area (Å²) < 4.78 is 5.48. The zero-order chi connectivity index (χ0) is 10.7. The van der Waals surface area contributed by atoms with Gasteiger partial charge in [-0.15, -0.1) is 0 Å². The maximum atomic E-state index is 11.2. The Balaban J connectivity index is 1.65. The number of nitrogens with one attached hydrogen (secondary N) is 1. The molecular formula is C10H16N2O3. The van der Waals surface area contributed by atoms with Gasteiger partial charge in [-0.05, 0) is 25.7 Å². The molecule has 5 nitrogen and oxygen atoms in total. The number of nitrogens with zero attached hydrogens (tertiary/aromatic N) is 1. The number of carbonyl (C=O) groups is 2. The minimum atomic E-state index is -0.257. The topological polar surface area (TPSA) is 58.6 Å². The minimum absolute atomic E-state index is 0.197. The van der Waals surface area contributed by atoms with Crippen LogP contribution < -0.4 is 5.32 Å². The molecule has 1 N–H and O–H groups in total. The first-order valence-corrected chi connectivity index (χ1v) is 5.46. The Morgan fingerprint density at radius 3 is 2.93 bits per heavy atom. The molecule has 84 valence electrons. The molecule has 0 aromatic carbocycles. The van der Waals surface area contributed by atoms with Crippen LogP contribution in [0.2, 0.25) is 0 Å². The molecule has 0 radical (unpaired) electrons. The Bertz CT molecular complexity index is 261. The number of hydrogen-bond acceptors (Lipinski definition) is 3. The number of urea groups is 1. The van der Waals surface area contributed by atoms with E-state index in [1.807, 2.05) is 0 Å². The van der Waals surface area contributed by atoms with E-state index in [-0.39, 0.29) is 18.5 Å². The third-order valence-corrected chi connectivity index (χ3v) is 2.85. The van der Waals surface area contributed by atoms with E-state index in [4.69, 9.17) is 4.74 Å². The fourth-order valence-electron chi connectivity index (χ4n) is 2.05. The third-order valence-electron chi connectivity index (χ3n) is 2.85. The van der Waals surface area contributed by atoms with Gasteiger partial charge in [0.25, 0.3) is 0 Å². The molecule has 0 aromatic heterocycles. The summed E-state index contributed by atoms with van der Waals surface area (Å²) in [5.74, 6) is -0.197. The van der Waals surface area contributed by atoms with Crippen molar-refractivity contribution in [1.82, 2.24) is 10.2 Å². The van der Waals surface area contributed by atoms with Crippen molar-refractivity contribution in [2.75, 3.05) is 19.7 Å². The lowest BCUT2D eigenvalue weighted by molar-refractivity contribution is -0.118. The molecule has 0 bridgehead atoms. The fourth-order valence-corrected chi connectivity index (χ4v) is 2.05. The van der Waals surface area contributed by atoms with Crippen LogP contribution in [0.4, 0.5) is 4.79 Å². The normalized spacial score (nSPS) is 26.1. The molecule has 2 aliphatic rings. The van der Waals surface area contributed by atoms with Gasteiger partial charge >= 0.3 is 6.03 Å². The van der Waals surface area contributed by atoms with Gasteiger partial charge in [-0.3, -0.25) is 10.1 Å². The van der Waals surface area contributed by atoms with Crippen molar-refractivity contribution in [3.8, 4) is 0 Å². The van der Waals surface area contributed by atoms with Crippen molar-refractivity contribution >= 4 is 11.9 Å². The Morgan fingerprint density at radius 2 is 2.33 bits per heavy atom. The highest BCUT2D eigenvalue weighted by Crippen LogP contribution is 2.17. The average molecular weight is 212 g/mol. The molecule has 5 heteroatoms. The number of hydrogen-bond donors (Lipinski definition) is 1. The monoisotopic (exact) mass is 212 g/mol. The highest BCUT2D eigenvalue weighted by molar-refractivity contribution is 6.01. The van der Waals surface area contributed by atoms with Gasteiger partial charge in [0.05, 0.1) is 6.10 Å². The lowest BCUT2D eigenvalue weighted by Crippen LogP contribution is -2.29. The van der Waals surface area contributed by atoms with Crippen LogP contribution in [-0.4, -0.2) is 42.6 Å². The molecular weight excluding hydrogens is 196 g/mol. The zero-order valence-corrected chi connectivity index (χ0v) is 8.70. The van der Waals surface area contributed by atoms with Gasteiger partial charge in [-0.2, -0.15) is 0 Å². The van der Waals surface area contributed by atoms with Crippen LogP contribution in [0.3, 0.4) is 0 Å². The number of amides is 3. The van der Waals surface area contributed by atoms with Crippen molar-refractivity contribution in [3.63, 3.8) is 0 Å². The minimum Gasteiger partial charge on any atom is -0.378 e. The Morgan fingerprint density at radius 1 is 1.47 bits per heavy atom. The largest absolute Gasteiger partial charge is 0.378 e. The number of rotatable bonds is 4. The maximum Gasteiger partial charge on any atom is 0.324 e. The Hall–Kier alpha value is -1.10. The van der Waals surface area contributed by atoms with Crippen molar-refractivity contribution in [1.29, 1.82) is 0 Å². The average Bonchev–Trinajstić information content (AvgIpc) is 2.77. The molecule has 2 aliphatic heterocycles. The summed E-state index contributed by atoms with van der Waals surface area (Å²) in [5, 5.41) is 2.26. The molecule has 2 rings (SSSR count). The first kappa shape index (κ1) is 10.4. The van der Waals surface area contributed by atoms with Gasteiger partial charge in [0.2, 0.25) is 5.91 Å². The van der Waals surface area contributed by atoms with Crippen LogP contribution in [0.25, 0.3) is 0 Å². The standard InChI is InChI=1S/C10H16N2O3/c13-9-7-12(10(14)11-9)5-1-3-8-4-2-6-15-8/h8H,1-7H2,(H,11,13,14). The van der Waals surface area contributed by atoms with E-state index in [2.05, 4.69) is 5.32 Å². The molecule has 0 aromatic rings. The summed E-state index contributed by atoms with van der Waals surface area (Å²) in [6.45, 7) is 1.73. The van der Waals surface area contributed by atoms with Crippen LogP contribution in [0.15, 0.2) is 0 Å². The highest BCUT2D eigenvalue weighted by atomic mass is 16.5. The van der Waals surface area contributed by atoms with E-state index < -0.39 is 0 Å². The van der Waals surface area contributed by atoms with Crippen LogP contribution in [0, 0.1) is 0 Å². The first-order chi connectivity index (χ1) is 7.25. The van der Waals surface area contributed by atoms with Gasteiger partial charge in [0.1, 0.15) is 6.54 Å². The number of imide groups is 1. The second-order valence-corrected chi connectivity index (χ2v) is 4.05. The van der Waals surface area contributed by atoms with Crippen LogP contribution in [0.5, 0.6) is 0 Å². The summed E-state index contributed by atoms with van der Waals surface area (Å²) >= 11 is 0.